The van der Waals surface area contributed by atoms with Gasteiger partial charge in [0.2, 0.25) is 5.88 Å². The van der Waals surface area contributed by atoms with E-state index in [0.29, 0.717) is 28.1 Å². The monoisotopic (exact) mass is 524 g/mol. The Bertz CT molecular complexity index is 1480. The number of methoxy groups -OCH3 is 1. The summed E-state index contributed by atoms with van der Waals surface area (Å²) in [5.74, 6) is 1.85. The maximum atomic E-state index is 13.3. The number of benzene rings is 2. The number of nitrogens with zero attached hydrogens (tertiary/aromatic N) is 4. The molecule has 36 heavy (non-hydrogen) atoms. The molecule has 186 valence electrons. The third-order valence-corrected chi connectivity index (χ3v) is 6.13. The van der Waals surface area contributed by atoms with E-state index in [0.717, 1.165) is 16.8 Å². The molecule has 0 aliphatic carbocycles. The zero-order valence-electron chi connectivity index (χ0n) is 20.7. The van der Waals surface area contributed by atoms with E-state index >= 15 is 0 Å². The summed E-state index contributed by atoms with van der Waals surface area (Å²) >= 11 is 12.9. The minimum absolute atomic E-state index is 0.0520. The summed E-state index contributed by atoms with van der Waals surface area (Å²) in [7, 11) is 1.59. The quantitative estimate of drug-likeness (QED) is 0.299. The van der Waals surface area contributed by atoms with Crippen molar-refractivity contribution in [2.45, 2.75) is 39.7 Å². The van der Waals surface area contributed by atoms with E-state index < -0.39 is 5.56 Å². The molecule has 0 radical (unpaired) electrons. The van der Waals surface area contributed by atoms with E-state index in [1.165, 1.54) is 4.57 Å². The Morgan fingerprint density at radius 1 is 1.03 bits per heavy atom. The van der Waals surface area contributed by atoms with Crippen molar-refractivity contribution in [1.82, 2.24) is 19.5 Å². The fraction of sp³-hybridized carbons (Fsp3) is 0.259. The van der Waals surface area contributed by atoms with E-state index in [4.69, 9.17) is 37.7 Å². The van der Waals surface area contributed by atoms with Gasteiger partial charge in [0, 0.05) is 17.2 Å². The van der Waals surface area contributed by atoms with Gasteiger partial charge in [-0.1, -0.05) is 62.2 Å². The van der Waals surface area contributed by atoms with Crippen molar-refractivity contribution >= 4 is 23.2 Å². The summed E-state index contributed by atoms with van der Waals surface area (Å²) in [6, 6.07) is 14.6. The number of aromatic nitrogens is 4. The van der Waals surface area contributed by atoms with Crippen molar-refractivity contribution in [3.63, 3.8) is 0 Å². The molecule has 0 saturated carbocycles. The highest BCUT2D eigenvalue weighted by Gasteiger charge is 2.20. The van der Waals surface area contributed by atoms with Gasteiger partial charge in [-0.3, -0.25) is 9.36 Å². The van der Waals surface area contributed by atoms with E-state index in [9.17, 15) is 4.79 Å². The van der Waals surface area contributed by atoms with Crippen LogP contribution in [-0.4, -0.2) is 26.6 Å². The standard InChI is InChI=1S/C27H26Cl2N4O3/c1-16-31-24(36-15-17-7-6-8-19(13-17)35-5)23(29)25(34)33(16)22-14-18(9-10-20(22)28)21-11-12-30-26(32-21)27(2,3)4/h6-14H,15H2,1-5H3. The molecule has 4 aromatic rings. The lowest BCUT2D eigenvalue weighted by atomic mass is 9.95. The summed E-state index contributed by atoms with van der Waals surface area (Å²) in [6.07, 6.45) is 1.72. The summed E-state index contributed by atoms with van der Waals surface area (Å²) in [6.45, 7) is 8.02. The smallest absolute Gasteiger partial charge is 0.280 e. The van der Waals surface area contributed by atoms with Crippen LogP contribution in [0.5, 0.6) is 11.6 Å². The van der Waals surface area contributed by atoms with Gasteiger partial charge in [-0.15, -0.1) is 0 Å². The molecule has 2 aromatic carbocycles. The molecular formula is C27H26Cl2N4O3. The van der Waals surface area contributed by atoms with Gasteiger partial charge in [0.05, 0.1) is 23.5 Å². The second-order valence-electron chi connectivity index (χ2n) is 9.24. The average molecular weight is 525 g/mol. The predicted molar refractivity (Wildman–Crippen MR) is 142 cm³/mol. The van der Waals surface area contributed by atoms with Crippen LogP contribution in [0.1, 0.15) is 38.0 Å². The predicted octanol–water partition coefficient (Wildman–Crippen LogP) is 6.19. The van der Waals surface area contributed by atoms with Crippen molar-refractivity contribution in [2.75, 3.05) is 7.11 Å². The number of rotatable bonds is 6. The van der Waals surface area contributed by atoms with E-state index in [1.54, 1.807) is 32.4 Å². The van der Waals surface area contributed by atoms with E-state index in [-0.39, 0.29) is 22.9 Å². The van der Waals surface area contributed by atoms with Crippen LogP contribution in [0.2, 0.25) is 10.0 Å². The average Bonchev–Trinajstić information content (AvgIpc) is 2.86. The van der Waals surface area contributed by atoms with Gasteiger partial charge < -0.3 is 9.47 Å². The molecule has 0 amide bonds. The Balaban J connectivity index is 1.71. The maximum Gasteiger partial charge on any atom is 0.280 e. The molecule has 0 aliphatic rings. The molecule has 9 heteroatoms. The van der Waals surface area contributed by atoms with Gasteiger partial charge in [0.15, 0.2) is 5.02 Å². The topological polar surface area (TPSA) is 79.1 Å². The molecular weight excluding hydrogens is 499 g/mol. The molecule has 4 rings (SSSR count). The number of hydrogen-bond donors (Lipinski definition) is 0. The maximum absolute atomic E-state index is 13.3. The van der Waals surface area contributed by atoms with Crippen molar-refractivity contribution in [3.8, 4) is 28.6 Å². The lowest BCUT2D eigenvalue weighted by Crippen LogP contribution is -2.24. The van der Waals surface area contributed by atoms with Gasteiger partial charge in [-0.05, 0) is 42.8 Å². The Morgan fingerprint density at radius 2 is 1.81 bits per heavy atom. The van der Waals surface area contributed by atoms with Crippen LogP contribution in [0.4, 0.5) is 0 Å². The molecule has 0 N–H and O–H groups in total. The highest BCUT2D eigenvalue weighted by molar-refractivity contribution is 6.33. The van der Waals surface area contributed by atoms with Gasteiger partial charge in [0.25, 0.3) is 5.56 Å². The lowest BCUT2D eigenvalue weighted by Gasteiger charge is -2.18. The first-order valence-corrected chi connectivity index (χ1v) is 12.0. The first kappa shape index (κ1) is 25.7. The molecule has 2 aromatic heterocycles. The van der Waals surface area contributed by atoms with Crippen LogP contribution >= 0.6 is 23.2 Å². The summed E-state index contributed by atoms with van der Waals surface area (Å²) < 4.78 is 12.4. The minimum atomic E-state index is -0.484. The van der Waals surface area contributed by atoms with Crippen LogP contribution in [0.3, 0.4) is 0 Å². The lowest BCUT2D eigenvalue weighted by molar-refractivity contribution is 0.291. The number of halogens is 2. The van der Waals surface area contributed by atoms with Crippen LogP contribution in [0.15, 0.2) is 59.5 Å². The van der Waals surface area contributed by atoms with Gasteiger partial charge >= 0.3 is 0 Å². The second-order valence-corrected chi connectivity index (χ2v) is 10.0. The van der Waals surface area contributed by atoms with Crippen molar-refractivity contribution in [1.29, 1.82) is 0 Å². The van der Waals surface area contributed by atoms with Crippen molar-refractivity contribution in [3.05, 3.63) is 92.3 Å². The minimum Gasteiger partial charge on any atom is -0.497 e. The van der Waals surface area contributed by atoms with Crippen LogP contribution in [0, 0.1) is 6.92 Å². The molecule has 0 aliphatic heterocycles. The van der Waals surface area contributed by atoms with E-state index in [1.807, 2.05) is 57.2 Å². The van der Waals surface area contributed by atoms with Crippen LogP contribution in [-0.2, 0) is 12.0 Å². The Labute approximate surface area is 219 Å². The highest BCUT2D eigenvalue weighted by Crippen LogP contribution is 2.29. The van der Waals surface area contributed by atoms with Gasteiger partial charge in [-0.2, -0.15) is 4.98 Å². The Morgan fingerprint density at radius 3 is 2.53 bits per heavy atom. The fourth-order valence-corrected chi connectivity index (χ4v) is 3.98. The normalized spacial score (nSPS) is 11.4. The third-order valence-electron chi connectivity index (χ3n) is 5.48. The Hall–Kier alpha value is -3.42. The first-order chi connectivity index (χ1) is 17.1. The number of aryl methyl sites for hydroxylation is 1. The molecule has 0 saturated heterocycles. The largest absolute Gasteiger partial charge is 0.497 e. The molecule has 7 nitrogen and oxygen atoms in total. The number of hydrogen-bond acceptors (Lipinski definition) is 6. The second kappa shape index (κ2) is 10.3. The fourth-order valence-electron chi connectivity index (χ4n) is 3.60. The third kappa shape index (κ3) is 5.37. The van der Waals surface area contributed by atoms with E-state index in [2.05, 4.69) is 9.97 Å². The van der Waals surface area contributed by atoms with Gasteiger partial charge in [0.1, 0.15) is 24.0 Å². The van der Waals surface area contributed by atoms with Crippen molar-refractivity contribution in [2.24, 2.45) is 0 Å². The first-order valence-electron chi connectivity index (χ1n) is 11.3. The summed E-state index contributed by atoms with van der Waals surface area (Å²) in [4.78, 5) is 26.9. The van der Waals surface area contributed by atoms with Crippen LogP contribution < -0.4 is 15.0 Å². The molecule has 0 fully saturated rings. The molecule has 2 heterocycles. The SMILES string of the molecule is COc1cccc(COc2nc(C)n(-c3cc(-c4ccnc(C(C)(C)C)n4)ccc3Cl)c(=O)c2Cl)c1. The highest BCUT2D eigenvalue weighted by atomic mass is 35.5. The zero-order valence-corrected chi connectivity index (χ0v) is 22.2. The molecule has 0 spiro atoms. The zero-order chi connectivity index (χ0) is 26.0. The van der Waals surface area contributed by atoms with Crippen LogP contribution in [0.25, 0.3) is 16.9 Å². The Kier molecular flexibility index (Phi) is 7.33. The van der Waals surface area contributed by atoms with Gasteiger partial charge in [-0.25, -0.2) is 9.97 Å². The molecule has 0 unspecified atom stereocenters. The summed E-state index contributed by atoms with van der Waals surface area (Å²) in [5, 5.41) is 0.235. The molecule has 0 bridgehead atoms. The van der Waals surface area contributed by atoms with Crippen molar-refractivity contribution < 1.29 is 9.47 Å². The molecule has 0 atom stereocenters. The summed E-state index contributed by atoms with van der Waals surface area (Å²) in [5.41, 5.74) is 2.10. The number of ether oxygens (including phenoxy) is 2.